The van der Waals surface area contributed by atoms with E-state index >= 15 is 0 Å². The van der Waals surface area contributed by atoms with Gasteiger partial charge in [-0.05, 0) is 38.3 Å². The molecule has 4 heteroatoms. The molecule has 118 valence electrons. The summed E-state index contributed by atoms with van der Waals surface area (Å²) in [7, 11) is -0.988. The number of nitrogens with one attached hydrogen (secondary N) is 1. The number of hydrogen-bond donors (Lipinski definition) is 1. The molecule has 3 nitrogen and oxygen atoms in total. The topological polar surface area (TPSA) is 24.5 Å². The second-order valence-electron chi connectivity index (χ2n) is 8.38. The van der Waals surface area contributed by atoms with E-state index in [2.05, 4.69) is 51.0 Å². The largest absolute Gasteiger partial charge is 0.417 e. The summed E-state index contributed by atoms with van der Waals surface area (Å²) in [6.45, 7) is 18.7. The summed E-state index contributed by atoms with van der Waals surface area (Å²) in [6, 6.07) is 0.632. The van der Waals surface area contributed by atoms with E-state index in [9.17, 15) is 0 Å². The summed E-state index contributed by atoms with van der Waals surface area (Å²) in [5.41, 5.74) is 0.694. The zero-order valence-corrected chi connectivity index (χ0v) is 15.5. The van der Waals surface area contributed by atoms with Crippen molar-refractivity contribution in [3.63, 3.8) is 0 Å². The second-order valence-corrected chi connectivity index (χ2v) is 10.8. The van der Waals surface area contributed by atoms with Crippen LogP contribution in [0.2, 0.25) is 13.1 Å². The first-order valence-electron chi connectivity index (χ1n) is 8.34. The smallest absolute Gasteiger partial charge is 0.171 e. The Morgan fingerprint density at radius 3 is 2.45 bits per heavy atom. The SMILES string of the molecule is C[C@@H]1CN(CC2(C(O[SiH](C)C)C(C)(C)C)CC2)CCN1. The summed E-state index contributed by atoms with van der Waals surface area (Å²) in [5.74, 6) is 0. The van der Waals surface area contributed by atoms with E-state index in [4.69, 9.17) is 4.43 Å². The first-order chi connectivity index (χ1) is 9.23. The highest BCUT2D eigenvalue weighted by Crippen LogP contribution is 2.55. The molecule has 2 atom stereocenters. The predicted octanol–water partition coefficient (Wildman–Crippen LogP) is 2.47. The molecule has 1 unspecified atom stereocenters. The van der Waals surface area contributed by atoms with Crippen molar-refractivity contribution in [2.75, 3.05) is 26.2 Å². The van der Waals surface area contributed by atoms with Crippen LogP contribution in [0.3, 0.4) is 0 Å². The van der Waals surface area contributed by atoms with Crippen LogP contribution in [-0.4, -0.2) is 52.3 Å². The zero-order valence-electron chi connectivity index (χ0n) is 14.3. The molecule has 2 rings (SSSR count). The van der Waals surface area contributed by atoms with Crippen LogP contribution in [0.4, 0.5) is 0 Å². The van der Waals surface area contributed by atoms with Gasteiger partial charge in [0.1, 0.15) is 0 Å². The number of rotatable bonds is 5. The lowest BCUT2D eigenvalue weighted by atomic mass is 9.79. The molecule has 1 aliphatic heterocycles. The normalized spacial score (nSPS) is 28.6. The Morgan fingerprint density at radius 1 is 1.35 bits per heavy atom. The molecule has 1 saturated heterocycles. The second kappa shape index (κ2) is 6.07. The number of nitrogens with zero attached hydrogens (tertiary/aromatic N) is 1. The van der Waals surface area contributed by atoms with Crippen molar-refractivity contribution in [3.8, 4) is 0 Å². The van der Waals surface area contributed by atoms with E-state index in [1.54, 1.807) is 0 Å². The van der Waals surface area contributed by atoms with E-state index in [-0.39, 0.29) is 5.41 Å². The lowest BCUT2D eigenvalue weighted by Gasteiger charge is -2.42. The zero-order chi connectivity index (χ0) is 15.0. The molecule has 20 heavy (non-hydrogen) atoms. The van der Waals surface area contributed by atoms with Gasteiger partial charge in [-0.15, -0.1) is 0 Å². The Morgan fingerprint density at radius 2 is 2.00 bits per heavy atom. The van der Waals surface area contributed by atoms with Crippen molar-refractivity contribution in [1.29, 1.82) is 0 Å². The van der Waals surface area contributed by atoms with Gasteiger partial charge in [-0.25, -0.2) is 0 Å². The molecule has 2 fully saturated rings. The summed E-state index contributed by atoms with van der Waals surface area (Å²) >= 11 is 0. The molecular weight excluding hydrogens is 264 g/mol. The fourth-order valence-corrected chi connectivity index (χ4v) is 5.05. The summed E-state index contributed by atoms with van der Waals surface area (Å²) in [6.07, 6.45) is 3.15. The highest BCUT2D eigenvalue weighted by Gasteiger charge is 2.54. The van der Waals surface area contributed by atoms with Gasteiger partial charge >= 0.3 is 0 Å². The molecular formula is C16H34N2OSi. The molecule has 1 heterocycles. The van der Waals surface area contributed by atoms with Gasteiger partial charge in [-0.3, -0.25) is 4.90 Å². The molecule has 1 N–H and O–H groups in total. The van der Waals surface area contributed by atoms with Crippen LogP contribution >= 0.6 is 0 Å². The monoisotopic (exact) mass is 298 g/mol. The van der Waals surface area contributed by atoms with E-state index in [1.165, 1.54) is 32.5 Å². The third kappa shape index (κ3) is 4.06. The van der Waals surface area contributed by atoms with Gasteiger partial charge in [0, 0.05) is 37.6 Å². The van der Waals surface area contributed by atoms with Crippen molar-refractivity contribution in [3.05, 3.63) is 0 Å². The first kappa shape index (κ1) is 16.5. The highest BCUT2D eigenvalue weighted by molar-refractivity contribution is 6.48. The van der Waals surface area contributed by atoms with Crippen LogP contribution in [0.15, 0.2) is 0 Å². The summed E-state index contributed by atoms with van der Waals surface area (Å²) < 4.78 is 6.51. The maximum absolute atomic E-state index is 6.51. The van der Waals surface area contributed by atoms with Gasteiger partial charge in [-0.1, -0.05) is 20.8 Å². The van der Waals surface area contributed by atoms with Crippen molar-refractivity contribution in [2.45, 2.75) is 65.8 Å². The first-order valence-corrected chi connectivity index (χ1v) is 11.1. The van der Waals surface area contributed by atoms with Crippen LogP contribution in [0.5, 0.6) is 0 Å². The molecule has 0 aromatic rings. The lowest BCUT2D eigenvalue weighted by Crippen LogP contribution is -2.53. The van der Waals surface area contributed by atoms with Crippen molar-refractivity contribution < 1.29 is 4.43 Å². The van der Waals surface area contributed by atoms with Gasteiger partial charge in [0.2, 0.25) is 0 Å². The van der Waals surface area contributed by atoms with Crippen LogP contribution < -0.4 is 5.32 Å². The molecule has 1 aliphatic carbocycles. The summed E-state index contributed by atoms with van der Waals surface area (Å²) in [5, 5.41) is 3.54. The Balaban J connectivity index is 2.03. The van der Waals surface area contributed by atoms with Gasteiger partial charge in [0.15, 0.2) is 9.04 Å². The molecule has 1 saturated carbocycles. The average Bonchev–Trinajstić information content (AvgIpc) is 3.05. The van der Waals surface area contributed by atoms with Gasteiger partial charge in [0.05, 0.1) is 6.10 Å². The van der Waals surface area contributed by atoms with Gasteiger partial charge in [0.25, 0.3) is 0 Å². The average molecular weight is 299 g/mol. The summed E-state index contributed by atoms with van der Waals surface area (Å²) in [4.78, 5) is 2.66. The van der Waals surface area contributed by atoms with Crippen molar-refractivity contribution >= 4 is 9.04 Å². The van der Waals surface area contributed by atoms with E-state index in [0.29, 0.717) is 17.6 Å². The van der Waals surface area contributed by atoms with Crippen LogP contribution in [-0.2, 0) is 4.43 Å². The Labute approximate surface area is 127 Å². The van der Waals surface area contributed by atoms with Crippen LogP contribution in [0.25, 0.3) is 0 Å². The van der Waals surface area contributed by atoms with Crippen molar-refractivity contribution in [2.24, 2.45) is 10.8 Å². The maximum atomic E-state index is 6.51. The quantitative estimate of drug-likeness (QED) is 0.789. The van der Waals surface area contributed by atoms with E-state index in [0.717, 1.165) is 6.54 Å². The van der Waals surface area contributed by atoms with Crippen molar-refractivity contribution in [1.82, 2.24) is 10.2 Å². The standard InChI is InChI=1S/C16H34N2OSi/c1-13-11-18(10-9-17-13)12-16(7-8-16)14(15(2,3)4)19-20(5)6/h13-14,17,20H,7-12H2,1-6H3/t13-,14?/m1/s1. The minimum atomic E-state index is -0.988. The molecule has 0 aromatic heterocycles. The maximum Gasteiger partial charge on any atom is 0.171 e. The Kier molecular flexibility index (Phi) is 5.00. The molecule has 0 spiro atoms. The molecule has 0 aromatic carbocycles. The van der Waals surface area contributed by atoms with Crippen LogP contribution in [0.1, 0.15) is 40.5 Å². The molecule has 2 aliphatic rings. The predicted molar refractivity (Wildman–Crippen MR) is 88.8 cm³/mol. The molecule has 0 bridgehead atoms. The minimum absolute atomic E-state index is 0.257. The fourth-order valence-electron chi connectivity index (χ4n) is 3.80. The van der Waals surface area contributed by atoms with Crippen LogP contribution in [0, 0.1) is 10.8 Å². The molecule has 0 radical (unpaired) electrons. The van der Waals surface area contributed by atoms with E-state index < -0.39 is 9.04 Å². The lowest BCUT2D eigenvalue weighted by molar-refractivity contribution is -0.000233. The van der Waals surface area contributed by atoms with Gasteiger partial charge in [-0.2, -0.15) is 0 Å². The minimum Gasteiger partial charge on any atom is -0.417 e. The van der Waals surface area contributed by atoms with E-state index in [1.807, 2.05) is 0 Å². The Bertz CT molecular complexity index is 323. The Hall–Kier alpha value is 0.0969. The van der Waals surface area contributed by atoms with Gasteiger partial charge < -0.3 is 9.74 Å². The highest BCUT2D eigenvalue weighted by atomic mass is 28.3. The third-order valence-electron chi connectivity index (χ3n) is 4.63. The number of hydrogen-bond acceptors (Lipinski definition) is 3. The number of piperazine rings is 1. The third-order valence-corrected chi connectivity index (χ3v) is 5.45. The molecule has 0 amide bonds. The fraction of sp³-hybridized carbons (Fsp3) is 1.00.